The molecular formula is C4H4N2O2. The minimum Gasteiger partial charge on any atom is -0.456 e. The van der Waals surface area contributed by atoms with Crippen molar-refractivity contribution in [3.63, 3.8) is 0 Å². The Hall–Kier alpha value is -1.06. The molecule has 2 aliphatic rings. The van der Waals surface area contributed by atoms with Gasteiger partial charge in [-0.25, -0.2) is 0 Å². The Morgan fingerprint density at radius 3 is 3.38 bits per heavy atom. The average Bonchev–Trinajstić information content (AvgIpc) is 2.09. The van der Waals surface area contributed by atoms with Gasteiger partial charge in [-0.3, -0.25) is 4.79 Å². The van der Waals surface area contributed by atoms with E-state index in [0.717, 1.165) is 0 Å². The molecule has 8 heavy (non-hydrogen) atoms. The smallest absolute Gasteiger partial charge is 0.251 e. The van der Waals surface area contributed by atoms with Crippen molar-refractivity contribution in [1.82, 2.24) is 5.01 Å². The van der Waals surface area contributed by atoms with Crippen molar-refractivity contribution in [3.8, 4) is 0 Å². The molecule has 0 aromatic heterocycles. The second-order valence-electron chi connectivity index (χ2n) is 1.75. The fourth-order valence-electron chi connectivity index (χ4n) is 0.770. The van der Waals surface area contributed by atoms with E-state index in [1.165, 1.54) is 11.4 Å². The summed E-state index contributed by atoms with van der Waals surface area (Å²) in [5.41, 5.74) is 0. The van der Waals surface area contributed by atoms with Crippen molar-refractivity contribution < 1.29 is 9.53 Å². The monoisotopic (exact) mass is 112 g/mol. The third kappa shape index (κ3) is 0.267. The minimum absolute atomic E-state index is 0.0451. The van der Waals surface area contributed by atoms with Crippen LogP contribution >= 0.6 is 0 Å². The number of nitrogens with zero attached hydrogens (tertiary/aromatic N) is 2. The van der Waals surface area contributed by atoms with Gasteiger partial charge in [-0.1, -0.05) is 0 Å². The number of carbonyl (C=O) groups is 1. The van der Waals surface area contributed by atoms with Crippen molar-refractivity contribution in [2.75, 3.05) is 0 Å². The maximum absolute atomic E-state index is 10.4. The molecule has 0 aromatic rings. The lowest BCUT2D eigenvalue weighted by Gasteiger charge is -2.28. The quantitative estimate of drug-likeness (QED) is 0.397. The summed E-state index contributed by atoms with van der Waals surface area (Å²) >= 11 is 0. The van der Waals surface area contributed by atoms with Crippen LogP contribution in [-0.2, 0) is 9.53 Å². The lowest BCUT2D eigenvalue weighted by Crippen LogP contribution is -2.46. The maximum Gasteiger partial charge on any atom is 0.251 e. The largest absolute Gasteiger partial charge is 0.456 e. The van der Waals surface area contributed by atoms with E-state index in [1.807, 2.05) is 0 Å². The maximum atomic E-state index is 10.4. The van der Waals surface area contributed by atoms with Gasteiger partial charge in [0.25, 0.3) is 5.91 Å². The summed E-state index contributed by atoms with van der Waals surface area (Å²) in [6.45, 7) is 0. The highest BCUT2D eigenvalue weighted by Crippen LogP contribution is 2.22. The molecule has 4 heteroatoms. The van der Waals surface area contributed by atoms with E-state index in [9.17, 15) is 4.79 Å². The summed E-state index contributed by atoms with van der Waals surface area (Å²) in [5, 5.41) is 4.95. The van der Waals surface area contributed by atoms with E-state index in [1.54, 1.807) is 0 Å². The molecule has 42 valence electrons. The first kappa shape index (κ1) is 3.88. The van der Waals surface area contributed by atoms with Crippen molar-refractivity contribution in [2.24, 2.45) is 5.10 Å². The van der Waals surface area contributed by atoms with Gasteiger partial charge in [-0.05, 0) is 0 Å². The Labute approximate surface area is 45.7 Å². The highest BCUT2D eigenvalue weighted by atomic mass is 16.5. The summed E-state index contributed by atoms with van der Waals surface area (Å²) in [4.78, 5) is 10.4. The molecule has 0 radical (unpaired) electrons. The average molecular weight is 112 g/mol. The lowest BCUT2D eigenvalue weighted by molar-refractivity contribution is -0.156. The number of β-lactam (4-membered cyclic amide) rings is 1. The molecule has 2 heterocycles. The molecule has 2 rings (SSSR count). The fourth-order valence-corrected chi connectivity index (χ4v) is 0.770. The first-order valence-corrected chi connectivity index (χ1v) is 2.38. The first-order valence-electron chi connectivity index (χ1n) is 2.38. The van der Waals surface area contributed by atoms with Crippen LogP contribution in [0.25, 0.3) is 0 Å². The van der Waals surface area contributed by atoms with Crippen LogP contribution in [0.15, 0.2) is 5.10 Å². The first-order chi connectivity index (χ1) is 3.88. The summed E-state index contributed by atoms with van der Waals surface area (Å²) in [6, 6.07) is 0. The number of amides is 1. The number of hydrogen-bond donors (Lipinski definition) is 0. The molecule has 2 aliphatic heterocycles. The Bertz CT molecular complexity index is 165. The Kier molecular flexibility index (Phi) is 0.494. The molecule has 0 spiro atoms. The third-order valence-corrected chi connectivity index (χ3v) is 1.27. The molecule has 0 N–H and O–H groups in total. The molecule has 1 atom stereocenters. The summed E-state index contributed by atoms with van der Waals surface area (Å²) in [5.74, 6) is 0.0451. The van der Waals surface area contributed by atoms with Crippen molar-refractivity contribution in [1.29, 1.82) is 0 Å². The number of hydrazone groups is 1. The van der Waals surface area contributed by atoms with Crippen LogP contribution in [0.5, 0.6) is 0 Å². The van der Waals surface area contributed by atoms with Crippen molar-refractivity contribution in [2.45, 2.75) is 12.6 Å². The van der Waals surface area contributed by atoms with E-state index in [0.29, 0.717) is 6.42 Å². The van der Waals surface area contributed by atoms with Crippen LogP contribution in [0.4, 0.5) is 0 Å². The molecule has 0 bridgehead atoms. The van der Waals surface area contributed by atoms with E-state index in [-0.39, 0.29) is 12.1 Å². The topological polar surface area (TPSA) is 41.9 Å². The van der Waals surface area contributed by atoms with Gasteiger partial charge in [0, 0.05) is 0 Å². The SMILES string of the molecule is O=C1CC2OC=NN12. The highest BCUT2D eigenvalue weighted by molar-refractivity contribution is 5.84. The number of rotatable bonds is 0. The Morgan fingerprint density at radius 1 is 2.00 bits per heavy atom. The van der Waals surface area contributed by atoms with Gasteiger partial charge >= 0.3 is 0 Å². The van der Waals surface area contributed by atoms with Gasteiger partial charge in [-0.2, -0.15) is 5.01 Å². The number of ether oxygens (including phenoxy) is 1. The highest BCUT2D eigenvalue weighted by Gasteiger charge is 2.40. The number of hydrogen-bond acceptors (Lipinski definition) is 3. The second kappa shape index (κ2) is 1.02. The normalized spacial score (nSPS) is 31.8. The van der Waals surface area contributed by atoms with Gasteiger partial charge in [0.1, 0.15) is 0 Å². The second-order valence-corrected chi connectivity index (χ2v) is 1.75. The summed E-state index contributed by atoms with van der Waals surface area (Å²) in [7, 11) is 0. The van der Waals surface area contributed by atoms with Crippen LogP contribution in [0.1, 0.15) is 6.42 Å². The predicted octanol–water partition coefficient (Wildman–Crippen LogP) is -0.482. The molecule has 4 nitrogen and oxygen atoms in total. The molecule has 0 aliphatic carbocycles. The van der Waals surface area contributed by atoms with Crippen molar-refractivity contribution >= 4 is 12.3 Å². The lowest BCUT2D eigenvalue weighted by atomic mass is 10.2. The zero-order valence-electron chi connectivity index (χ0n) is 4.07. The zero-order valence-corrected chi connectivity index (χ0v) is 4.07. The molecular weight excluding hydrogens is 108 g/mol. The van der Waals surface area contributed by atoms with Crippen LogP contribution < -0.4 is 0 Å². The molecule has 1 saturated heterocycles. The van der Waals surface area contributed by atoms with Gasteiger partial charge < -0.3 is 4.74 Å². The van der Waals surface area contributed by atoms with E-state index >= 15 is 0 Å². The third-order valence-electron chi connectivity index (χ3n) is 1.27. The van der Waals surface area contributed by atoms with E-state index in [4.69, 9.17) is 4.74 Å². The van der Waals surface area contributed by atoms with Crippen LogP contribution in [0.2, 0.25) is 0 Å². The van der Waals surface area contributed by atoms with E-state index < -0.39 is 0 Å². The van der Waals surface area contributed by atoms with Crippen LogP contribution in [0, 0.1) is 0 Å². The van der Waals surface area contributed by atoms with Gasteiger partial charge in [-0.15, -0.1) is 5.10 Å². The van der Waals surface area contributed by atoms with Gasteiger partial charge in [0.2, 0.25) is 6.23 Å². The van der Waals surface area contributed by atoms with Crippen LogP contribution in [-0.4, -0.2) is 23.5 Å². The van der Waals surface area contributed by atoms with Crippen LogP contribution in [0.3, 0.4) is 0 Å². The molecule has 0 saturated carbocycles. The number of fused-ring (bicyclic) bond motifs is 1. The number of carbonyl (C=O) groups excluding carboxylic acids is 1. The van der Waals surface area contributed by atoms with Crippen molar-refractivity contribution in [3.05, 3.63) is 0 Å². The van der Waals surface area contributed by atoms with Gasteiger partial charge in [0.05, 0.1) is 6.42 Å². The zero-order chi connectivity index (χ0) is 5.56. The molecule has 1 fully saturated rings. The Balaban J connectivity index is 2.21. The predicted molar refractivity (Wildman–Crippen MR) is 24.8 cm³/mol. The molecule has 1 unspecified atom stereocenters. The standard InChI is InChI=1S/C4H4N2O2/c7-3-1-4-6(3)5-2-8-4/h2,4H,1H2. The fraction of sp³-hybridized carbons (Fsp3) is 0.500. The molecule has 0 aromatic carbocycles. The summed E-state index contributed by atoms with van der Waals surface area (Å²) in [6.07, 6.45) is 1.72. The van der Waals surface area contributed by atoms with Gasteiger partial charge in [0.15, 0.2) is 6.40 Å². The van der Waals surface area contributed by atoms with E-state index in [2.05, 4.69) is 5.10 Å². The Morgan fingerprint density at radius 2 is 2.88 bits per heavy atom. The minimum atomic E-state index is -0.0671. The summed E-state index contributed by atoms with van der Waals surface area (Å²) < 4.78 is 4.84. The molecule has 1 amide bonds.